The number of likely N-dealkylation sites (N-methyl/N-ethyl adjacent to an activating group) is 1. The molecule has 0 bridgehead atoms. The van der Waals surface area contributed by atoms with E-state index < -0.39 is 0 Å². The summed E-state index contributed by atoms with van der Waals surface area (Å²) in [6, 6.07) is 15.4. The maximum atomic E-state index is 12.2. The molecule has 0 aromatic heterocycles. The number of para-hydroxylation sites is 1. The van der Waals surface area contributed by atoms with E-state index in [1.165, 1.54) is 5.56 Å². The fourth-order valence-corrected chi connectivity index (χ4v) is 3.06. The van der Waals surface area contributed by atoms with Crippen molar-refractivity contribution in [3.63, 3.8) is 0 Å². The lowest BCUT2D eigenvalue weighted by atomic mass is 10.1. The molecule has 0 heterocycles. The maximum Gasteiger partial charge on any atom is 0.238 e. The predicted octanol–water partition coefficient (Wildman–Crippen LogP) is 3.48. The minimum Gasteiger partial charge on any atom is -0.325 e. The van der Waals surface area contributed by atoms with Gasteiger partial charge in [-0.05, 0) is 49.6 Å². The Morgan fingerprint density at radius 1 is 0.962 bits per heavy atom. The van der Waals surface area contributed by atoms with Crippen molar-refractivity contribution in [2.45, 2.75) is 18.2 Å². The number of amides is 2. The second kappa shape index (κ2) is 9.99. The Hall–Kier alpha value is -2.31. The summed E-state index contributed by atoms with van der Waals surface area (Å²) in [5.74, 6) is -0.289. The third-order valence-electron chi connectivity index (χ3n) is 3.85. The van der Waals surface area contributed by atoms with Crippen molar-refractivity contribution in [2.24, 2.45) is 0 Å². The maximum absolute atomic E-state index is 12.2. The summed E-state index contributed by atoms with van der Waals surface area (Å²) in [5, 5.41) is 5.74. The van der Waals surface area contributed by atoms with Gasteiger partial charge >= 0.3 is 0 Å². The molecule has 2 aromatic rings. The van der Waals surface area contributed by atoms with Crippen molar-refractivity contribution in [2.75, 3.05) is 37.0 Å². The van der Waals surface area contributed by atoms with Gasteiger partial charge in [0.2, 0.25) is 11.8 Å². The Labute approximate surface area is 159 Å². The quantitative estimate of drug-likeness (QED) is 0.698. The molecule has 0 fully saturated rings. The van der Waals surface area contributed by atoms with Gasteiger partial charge in [0.25, 0.3) is 0 Å². The van der Waals surface area contributed by atoms with Gasteiger partial charge in [-0.2, -0.15) is 0 Å². The highest BCUT2D eigenvalue weighted by atomic mass is 32.2. The zero-order valence-corrected chi connectivity index (χ0v) is 16.2. The highest BCUT2D eigenvalue weighted by molar-refractivity contribution is 7.98. The van der Waals surface area contributed by atoms with Crippen LogP contribution in [0.3, 0.4) is 0 Å². The van der Waals surface area contributed by atoms with Gasteiger partial charge in [0.05, 0.1) is 18.8 Å². The number of hydrogen-bond acceptors (Lipinski definition) is 4. The average molecular weight is 372 g/mol. The number of hydrogen-bond donors (Lipinski definition) is 2. The molecule has 0 aliphatic heterocycles. The Morgan fingerprint density at radius 2 is 1.58 bits per heavy atom. The Kier molecular flexibility index (Phi) is 7.69. The molecular formula is C20H25N3O2S. The molecule has 6 heteroatoms. The molecule has 5 nitrogen and oxygen atoms in total. The van der Waals surface area contributed by atoms with Crippen LogP contribution in [0.5, 0.6) is 0 Å². The van der Waals surface area contributed by atoms with E-state index in [1.807, 2.05) is 54.8 Å². The molecule has 0 aliphatic carbocycles. The number of carbonyl (C=O) groups is 2. The molecule has 2 N–H and O–H groups in total. The summed E-state index contributed by atoms with van der Waals surface area (Å²) < 4.78 is 0. The summed E-state index contributed by atoms with van der Waals surface area (Å²) in [5.41, 5.74) is 2.78. The van der Waals surface area contributed by atoms with Crippen molar-refractivity contribution in [1.29, 1.82) is 0 Å². The van der Waals surface area contributed by atoms with Gasteiger partial charge in [-0.1, -0.05) is 31.2 Å². The number of carbonyl (C=O) groups excluding carboxylic acids is 2. The summed E-state index contributed by atoms with van der Waals surface area (Å²) in [6.45, 7) is 2.38. The topological polar surface area (TPSA) is 61.4 Å². The molecule has 26 heavy (non-hydrogen) atoms. The zero-order chi connectivity index (χ0) is 18.9. The van der Waals surface area contributed by atoms with Crippen molar-refractivity contribution >= 4 is 35.0 Å². The van der Waals surface area contributed by atoms with Crippen LogP contribution in [0.4, 0.5) is 11.4 Å². The fourth-order valence-electron chi connectivity index (χ4n) is 2.51. The number of nitrogens with one attached hydrogen (secondary N) is 2. The largest absolute Gasteiger partial charge is 0.325 e. The van der Waals surface area contributed by atoms with Crippen LogP contribution in [-0.2, 0) is 16.0 Å². The molecule has 2 rings (SSSR count). The Morgan fingerprint density at radius 3 is 2.19 bits per heavy atom. The zero-order valence-electron chi connectivity index (χ0n) is 15.4. The van der Waals surface area contributed by atoms with Crippen molar-refractivity contribution in [3.8, 4) is 0 Å². The van der Waals surface area contributed by atoms with Gasteiger partial charge in [-0.25, -0.2) is 0 Å². The summed E-state index contributed by atoms with van der Waals surface area (Å²) in [6.07, 6.45) is 2.93. The lowest BCUT2D eigenvalue weighted by molar-refractivity contribution is -0.119. The molecule has 0 saturated heterocycles. The van der Waals surface area contributed by atoms with E-state index >= 15 is 0 Å². The van der Waals surface area contributed by atoms with Crippen LogP contribution in [-0.4, -0.2) is 43.1 Å². The van der Waals surface area contributed by atoms with Crippen LogP contribution < -0.4 is 10.6 Å². The molecule has 0 aliphatic rings. The second-order valence-electron chi connectivity index (χ2n) is 6.02. The molecular weight excluding hydrogens is 346 g/mol. The van der Waals surface area contributed by atoms with Gasteiger partial charge in [-0.3, -0.25) is 14.5 Å². The van der Waals surface area contributed by atoms with Crippen molar-refractivity contribution in [1.82, 2.24) is 4.90 Å². The van der Waals surface area contributed by atoms with Gasteiger partial charge in [0.1, 0.15) is 0 Å². The van der Waals surface area contributed by atoms with Crippen LogP contribution in [0.2, 0.25) is 0 Å². The minimum absolute atomic E-state index is 0.144. The first-order chi connectivity index (χ1) is 12.5. The van der Waals surface area contributed by atoms with E-state index in [1.54, 1.807) is 23.7 Å². The molecule has 0 unspecified atom stereocenters. The van der Waals surface area contributed by atoms with Gasteiger partial charge in [0.15, 0.2) is 0 Å². The first kappa shape index (κ1) is 20.0. The number of nitrogens with zero attached hydrogens (tertiary/aromatic N) is 1. The summed E-state index contributed by atoms with van der Waals surface area (Å²) >= 11 is 1.58. The van der Waals surface area contributed by atoms with Crippen LogP contribution in [0.1, 0.15) is 12.5 Å². The van der Waals surface area contributed by atoms with E-state index in [0.717, 1.165) is 22.7 Å². The normalized spacial score (nSPS) is 10.6. The number of benzene rings is 2. The average Bonchev–Trinajstić information content (AvgIpc) is 2.62. The third kappa shape index (κ3) is 6.20. The lowest BCUT2D eigenvalue weighted by Crippen LogP contribution is -2.36. The van der Waals surface area contributed by atoms with Crippen LogP contribution in [0.25, 0.3) is 0 Å². The minimum atomic E-state index is -0.144. The van der Waals surface area contributed by atoms with Crippen molar-refractivity contribution in [3.05, 3.63) is 54.1 Å². The fraction of sp³-hybridized carbons (Fsp3) is 0.300. The number of thioether (sulfide) groups is 1. The third-order valence-corrected chi connectivity index (χ3v) is 4.65. The SMILES string of the molecule is CCc1ccc(NC(=O)CN(C)CC(=O)Nc2ccccc2SC)cc1. The first-order valence-corrected chi connectivity index (χ1v) is 9.74. The van der Waals surface area contributed by atoms with E-state index in [9.17, 15) is 9.59 Å². The second-order valence-corrected chi connectivity index (χ2v) is 6.87. The van der Waals surface area contributed by atoms with Gasteiger partial charge < -0.3 is 10.6 Å². The molecule has 0 spiro atoms. The van der Waals surface area contributed by atoms with Gasteiger partial charge in [-0.15, -0.1) is 11.8 Å². The Balaban J connectivity index is 1.82. The number of anilines is 2. The van der Waals surface area contributed by atoms with Gasteiger partial charge in [0, 0.05) is 10.6 Å². The van der Waals surface area contributed by atoms with E-state index in [2.05, 4.69) is 17.6 Å². The molecule has 2 aromatic carbocycles. The smallest absolute Gasteiger partial charge is 0.238 e. The van der Waals surface area contributed by atoms with E-state index in [0.29, 0.717) is 0 Å². The lowest BCUT2D eigenvalue weighted by Gasteiger charge is -2.17. The summed E-state index contributed by atoms with van der Waals surface area (Å²) in [4.78, 5) is 27.0. The molecule has 138 valence electrons. The monoisotopic (exact) mass is 371 g/mol. The highest BCUT2D eigenvalue weighted by Gasteiger charge is 2.12. The standard InChI is InChI=1S/C20H25N3O2S/c1-4-15-9-11-16(12-10-15)21-19(24)13-23(2)14-20(25)22-17-7-5-6-8-18(17)26-3/h5-12H,4,13-14H2,1-3H3,(H,21,24)(H,22,25). The van der Waals surface area contributed by atoms with Crippen LogP contribution in [0.15, 0.2) is 53.4 Å². The number of rotatable bonds is 8. The molecule has 0 saturated carbocycles. The molecule has 0 radical (unpaired) electrons. The number of aryl methyl sites for hydroxylation is 1. The van der Waals surface area contributed by atoms with Crippen LogP contribution in [0, 0.1) is 0 Å². The van der Waals surface area contributed by atoms with Crippen molar-refractivity contribution < 1.29 is 9.59 Å². The highest BCUT2D eigenvalue weighted by Crippen LogP contribution is 2.24. The first-order valence-electron chi connectivity index (χ1n) is 8.52. The van der Waals surface area contributed by atoms with E-state index in [-0.39, 0.29) is 24.9 Å². The summed E-state index contributed by atoms with van der Waals surface area (Å²) in [7, 11) is 1.75. The van der Waals surface area contributed by atoms with Crippen LogP contribution >= 0.6 is 11.8 Å². The predicted molar refractivity (Wildman–Crippen MR) is 109 cm³/mol. The molecule has 2 amide bonds. The Bertz CT molecular complexity index is 747. The molecule has 0 atom stereocenters. The van der Waals surface area contributed by atoms with E-state index in [4.69, 9.17) is 0 Å².